The summed E-state index contributed by atoms with van der Waals surface area (Å²) in [5.41, 5.74) is 0.401. The Hall–Kier alpha value is -3.23. The van der Waals surface area contributed by atoms with E-state index in [4.69, 9.17) is 16.6 Å². The monoisotopic (exact) mass is 386 g/mol. The van der Waals surface area contributed by atoms with Crippen molar-refractivity contribution < 1.29 is 17.9 Å². The van der Waals surface area contributed by atoms with E-state index in [-0.39, 0.29) is 6.10 Å². The maximum Gasteiger partial charge on any atom is 0.417 e. The zero-order chi connectivity index (χ0) is 20.3. The van der Waals surface area contributed by atoms with Gasteiger partial charge in [-0.1, -0.05) is 12.1 Å². The molecule has 0 bridgehead atoms. The minimum absolute atomic E-state index is 0.222. The van der Waals surface area contributed by atoms with Crippen molar-refractivity contribution in [3.8, 4) is 6.07 Å². The fraction of sp³-hybridized carbons (Fsp3) is 0.300. The minimum atomic E-state index is -4.59. The van der Waals surface area contributed by atoms with Crippen molar-refractivity contribution in [2.45, 2.75) is 25.4 Å². The van der Waals surface area contributed by atoms with Crippen molar-refractivity contribution in [3.05, 3.63) is 65.0 Å². The number of ether oxygens (including phenoxy) is 1. The first-order valence-electron chi connectivity index (χ1n) is 8.56. The molecule has 2 aromatic carbocycles. The number of hydrogen-bond acceptors (Lipinski definition) is 4. The van der Waals surface area contributed by atoms with Gasteiger partial charge in [-0.3, -0.25) is 0 Å². The minimum Gasteiger partial charge on any atom is -0.382 e. The van der Waals surface area contributed by atoms with Crippen LogP contribution in [0.15, 0.2) is 42.5 Å². The van der Waals surface area contributed by atoms with Gasteiger partial charge in [0.1, 0.15) is 6.23 Å². The molecule has 8 heteroatoms. The van der Waals surface area contributed by atoms with Crippen LogP contribution in [0, 0.1) is 17.9 Å². The van der Waals surface area contributed by atoms with Gasteiger partial charge in [0, 0.05) is 24.5 Å². The molecule has 2 atom stereocenters. The molecule has 0 amide bonds. The van der Waals surface area contributed by atoms with E-state index >= 15 is 0 Å². The van der Waals surface area contributed by atoms with Crippen molar-refractivity contribution in [2.24, 2.45) is 0 Å². The van der Waals surface area contributed by atoms with Crippen molar-refractivity contribution in [2.75, 3.05) is 23.3 Å². The summed E-state index contributed by atoms with van der Waals surface area (Å²) in [7, 11) is 0. The molecular weight excluding hydrogens is 369 g/mol. The number of hydrogen-bond donors (Lipinski definition) is 1. The number of alkyl halides is 3. The molecule has 1 heterocycles. The Morgan fingerprint density at radius 2 is 2.00 bits per heavy atom. The van der Waals surface area contributed by atoms with Crippen LogP contribution in [0.2, 0.25) is 0 Å². The number of benzene rings is 2. The summed E-state index contributed by atoms with van der Waals surface area (Å²) in [6, 6.07) is 12.3. The summed E-state index contributed by atoms with van der Waals surface area (Å²) in [4.78, 5) is 5.07. The number of rotatable bonds is 4. The highest BCUT2D eigenvalue weighted by Gasteiger charge is 2.36. The van der Waals surface area contributed by atoms with Gasteiger partial charge in [0.15, 0.2) is 5.69 Å². The molecule has 28 heavy (non-hydrogen) atoms. The second-order valence-corrected chi connectivity index (χ2v) is 6.39. The van der Waals surface area contributed by atoms with Gasteiger partial charge in [-0.25, -0.2) is 4.85 Å². The third-order valence-corrected chi connectivity index (χ3v) is 4.52. The van der Waals surface area contributed by atoms with Gasteiger partial charge >= 0.3 is 6.18 Å². The fourth-order valence-corrected chi connectivity index (χ4v) is 3.12. The Bertz CT molecular complexity index is 928. The number of nitrogens with one attached hydrogen (secondary N) is 1. The first-order valence-corrected chi connectivity index (χ1v) is 8.56. The SMILES string of the molecule is [C-]#[N+]c1ccc(NC[C@@H]2CN(c3ccc(C#N)c(C(F)(F)F)c3)[C@@H](C)O2)cc1. The van der Waals surface area contributed by atoms with Crippen LogP contribution in [0.4, 0.5) is 30.2 Å². The van der Waals surface area contributed by atoms with Gasteiger partial charge in [-0.05, 0) is 37.3 Å². The van der Waals surface area contributed by atoms with Crippen LogP contribution < -0.4 is 10.2 Å². The van der Waals surface area contributed by atoms with E-state index in [1.807, 2.05) is 0 Å². The molecule has 5 nitrogen and oxygen atoms in total. The second kappa shape index (κ2) is 7.79. The number of nitriles is 1. The molecule has 1 saturated heterocycles. The van der Waals surface area contributed by atoms with E-state index in [9.17, 15) is 13.2 Å². The highest BCUT2D eigenvalue weighted by atomic mass is 19.4. The van der Waals surface area contributed by atoms with Crippen LogP contribution in [-0.4, -0.2) is 25.4 Å². The zero-order valence-electron chi connectivity index (χ0n) is 15.0. The predicted octanol–water partition coefficient (Wildman–Crippen LogP) is 4.79. The average molecular weight is 386 g/mol. The molecule has 144 valence electrons. The maximum atomic E-state index is 13.2. The van der Waals surface area contributed by atoms with Gasteiger partial charge in [0.25, 0.3) is 0 Å². The summed E-state index contributed by atoms with van der Waals surface area (Å²) in [5, 5.41) is 12.1. The normalized spacial score (nSPS) is 19.1. The van der Waals surface area contributed by atoms with E-state index in [1.54, 1.807) is 42.2 Å². The average Bonchev–Trinajstić information content (AvgIpc) is 3.06. The Labute approximate surface area is 160 Å². The molecule has 3 rings (SSSR count). The summed E-state index contributed by atoms with van der Waals surface area (Å²) < 4.78 is 45.5. The van der Waals surface area contributed by atoms with Crippen LogP contribution in [0.25, 0.3) is 4.85 Å². The van der Waals surface area contributed by atoms with Gasteiger partial charge in [0.05, 0.1) is 29.9 Å². The lowest BCUT2D eigenvalue weighted by atomic mass is 10.1. The van der Waals surface area contributed by atoms with E-state index in [1.165, 1.54) is 12.1 Å². The van der Waals surface area contributed by atoms with E-state index in [2.05, 4.69) is 10.2 Å². The largest absolute Gasteiger partial charge is 0.417 e. The topological polar surface area (TPSA) is 52.7 Å². The summed E-state index contributed by atoms with van der Waals surface area (Å²) in [6.45, 7) is 9.61. The Morgan fingerprint density at radius 1 is 1.29 bits per heavy atom. The lowest BCUT2D eigenvalue weighted by molar-refractivity contribution is -0.137. The summed E-state index contributed by atoms with van der Waals surface area (Å²) in [5.74, 6) is 0. The van der Waals surface area contributed by atoms with E-state index in [0.29, 0.717) is 24.5 Å². The third-order valence-electron chi connectivity index (χ3n) is 4.52. The smallest absolute Gasteiger partial charge is 0.382 e. The number of anilines is 2. The van der Waals surface area contributed by atoms with Crippen molar-refractivity contribution in [1.82, 2.24) is 0 Å². The standard InChI is InChI=1S/C20H17F3N4O/c1-13-27(17-8-3-14(10-24)19(9-17)20(21,22)23)12-18(28-13)11-26-16-6-4-15(25-2)5-7-16/h3-9,13,18,26H,11-12H2,1H3/t13-,18-/m1/s1. The van der Waals surface area contributed by atoms with Crippen molar-refractivity contribution >= 4 is 17.1 Å². The lowest BCUT2D eigenvalue weighted by Crippen LogP contribution is -2.29. The zero-order valence-corrected chi connectivity index (χ0v) is 15.0. The number of nitrogens with zero attached hydrogens (tertiary/aromatic N) is 3. The van der Waals surface area contributed by atoms with E-state index < -0.39 is 23.5 Å². The Kier molecular flexibility index (Phi) is 5.43. The molecule has 0 radical (unpaired) electrons. The van der Waals surface area contributed by atoms with Crippen molar-refractivity contribution in [3.63, 3.8) is 0 Å². The molecule has 1 aliphatic rings. The first kappa shape index (κ1) is 19.5. The molecule has 1 N–H and O–H groups in total. The van der Waals surface area contributed by atoms with Crippen molar-refractivity contribution in [1.29, 1.82) is 5.26 Å². The van der Waals surface area contributed by atoms with Gasteiger partial charge in [0.2, 0.25) is 0 Å². The van der Waals surface area contributed by atoms with Crippen LogP contribution in [0.5, 0.6) is 0 Å². The Morgan fingerprint density at radius 3 is 2.61 bits per heavy atom. The molecule has 1 aliphatic heterocycles. The van der Waals surface area contributed by atoms with Crippen LogP contribution in [-0.2, 0) is 10.9 Å². The Balaban J connectivity index is 1.69. The first-order chi connectivity index (χ1) is 13.3. The van der Waals surface area contributed by atoms with Gasteiger partial charge < -0.3 is 15.0 Å². The van der Waals surface area contributed by atoms with E-state index in [0.717, 1.165) is 11.8 Å². The summed E-state index contributed by atoms with van der Waals surface area (Å²) >= 11 is 0. The molecular formula is C20H17F3N4O. The van der Waals surface area contributed by atoms with Crippen LogP contribution >= 0.6 is 0 Å². The quantitative estimate of drug-likeness (QED) is 0.768. The highest BCUT2D eigenvalue weighted by molar-refractivity contribution is 5.56. The highest BCUT2D eigenvalue weighted by Crippen LogP contribution is 2.36. The van der Waals surface area contributed by atoms with Crippen LogP contribution in [0.3, 0.4) is 0 Å². The van der Waals surface area contributed by atoms with Gasteiger partial charge in [-0.15, -0.1) is 0 Å². The van der Waals surface area contributed by atoms with Gasteiger partial charge in [-0.2, -0.15) is 18.4 Å². The predicted molar refractivity (Wildman–Crippen MR) is 99.0 cm³/mol. The fourth-order valence-electron chi connectivity index (χ4n) is 3.12. The molecule has 0 unspecified atom stereocenters. The van der Waals surface area contributed by atoms with Crippen LogP contribution in [0.1, 0.15) is 18.1 Å². The molecule has 1 fully saturated rings. The second-order valence-electron chi connectivity index (χ2n) is 6.39. The third kappa shape index (κ3) is 4.19. The molecule has 0 spiro atoms. The molecule has 0 aromatic heterocycles. The number of halogens is 3. The summed E-state index contributed by atoms with van der Waals surface area (Å²) in [6.07, 6.45) is -5.21. The molecule has 0 saturated carbocycles. The maximum absolute atomic E-state index is 13.2. The molecule has 2 aromatic rings. The molecule has 0 aliphatic carbocycles. The lowest BCUT2D eigenvalue weighted by Gasteiger charge is -2.23.